The van der Waals surface area contributed by atoms with Gasteiger partial charge in [-0.2, -0.15) is 5.10 Å². The van der Waals surface area contributed by atoms with Crippen molar-refractivity contribution < 1.29 is 33.3 Å². The minimum Gasteiger partial charge on any atom is -0.497 e. The van der Waals surface area contributed by atoms with Crippen molar-refractivity contribution in [2.24, 2.45) is 5.10 Å². The van der Waals surface area contributed by atoms with Crippen LogP contribution in [0.15, 0.2) is 65.8 Å². The predicted octanol–water partition coefficient (Wildman–Crippen LogP) is 6.61. The van der Waals surface area contributed by atoms with Gasteiger partial charge in [-0.3, -0.25) is 4.79 Å². The summed E-state index contributed by atoms with van der Waals surface area (Å²) in [5.41, 5.74) is 1.15. The first-order valence-corrected chi connectivity index (χ1v) is 14.5. The van der Waals surface area contributed by atoms with Crippen molar-refractivity contribution in [3.63, 3.8) is 0 Å². The Bertz CT molecular complexity index is 1440. The average Bonchev–Trinajstić information content (AvgIpc) is 3.00. The summed E-state index contributed by atoms with van der Waals surface area (Å²) in [7, 11) is 4.61. The van der Waals surface area contributed by atoms with Crippen molar-refractivity contribution in [3.05, 3.63) is 82.4 Å². The van der Waals surface area contributed by atoms with E-state index in [2.05, 4.69) is 10.4 Å². The van der Waals surface area contributed by atoms with Gasteiger partial charge in [0, 0.05) is 19.2 Å². The monoisotopic (exact) mass is 625 g/mol. The average molecular weight is 626 g/mol. The van der Waals surface area contributed by atoms with Gasteiger partial charge in [0.1, 0.15) is 30.3 Å². The van der Waals surface area contributed by atoms with E-state index in [1.54, 1.807) is 47.1 Å². The van der Waals surface area contributed by atoms with E-state index in [1.807, 2.05) is 55.5 Å². The smallest absolute Gasteiger partial charge is 0.430 e. The van der Waals surface area contributed by atoms with Crippen molar-refractivity contribution in [2.45, 2.75) is 52.9 Å². The van der Waals surface area contributed by atoms with E-state index < -0.39 is 17.6 Å². The topological polar surface area (TPSA) is 108 Å². The van der Waals surface area contributed by atoms with E-state index in [9.17, 15) is 9.59 Å². The first kappa shape index (κ1) is 34.1. The Morgan fingerprint density at radius 2 is 1.41 bits per heavy atom. The van der Waals surface area contributed by atoms with E-state index >= 15 is 0 Å². The third-order valence-electron chi connectivity index (χ3n) is 6.07. The summed E-state index contributed by atoms with van der Waals surface area (Å²) >= 11 is 6.95. The fourth-order valence-corrected chi connectivity index (χ4v) is 4.09. The van der Waals surface area contributed by atoms with Crippen LogP contribution in [0, 0.1) is 0 Å². The molecular formula is C33H40ClN3O7. The maximum absolute atomic E-state index is 13.3. The molecular weight excluding hydrogens is 586 g/mol. The Kier molecular flexibility index (Phi) is 12.3. The Labute approximate surface area is 263 Å². The molecule has 3 aromatic carbocycles. The van der Waals surface area contributed by atoms with Crippen molar-refractivity contribution in [1.82, 2.24) is 10.3 Å². The molecule has 0 atom stereocenters. The summed E-state index contributed by atoms with van der Waals surface area (Å²) in [6.45, 7) is 7.92. The van der Waals surface area contributed by atoms with E-state index in [4.69, 9.17) is 35.3 Å². The molecule has 0 fully saturated rings. The molecule has 0 radical (unpaired) electrons. The maximum Gasteiger partial charge on any atom is 0.430 e. The summed E-state index contributed by atoms with van der Waals surface area (Å²) in [5, 5.41) is 8.19. The molecule has 10 nitrogen and oxygen atoms in total. The zero-order valence-electron chi connectivity index (χ0n) is 26.2. The van der Waals surface area contributed by atoms with Crippen molar-refractivity contribution >= 4 is 29.3 Å². The number of halogens is 1. The van der Waals surface area contributed by atoms with Crippen LogP contribution in [0.4, 0.5) is 4.79 Å². The van der Waals surface area contributed by atoms with Crippen LogP contribution in [0.5, 0.6) is 23.0 Å². The molecule has 0 unspecified atom stereocenters. The number of hydrogen-bond donors (Lipinski definition) is 1. The number of rotatable bonds is 13. The van der Waals surface area contributed by atoms with Crippen LogP contribution >= 0.6 is 11.6 Å². The summed E-state index contributed by atoms with van der Waals surface area (Å²) in [5.74, 6) is 1.50. The molecule has 2 amide bonds. The lowest BCUT2D eigenvalue weighted by Crippen LogP contribution is -2.36. The molecule has 3 aromatic rings. The summed E-state index contributed by atoms with van der Waals surface area (Å²) < 4.78 is 28.3. The van der Waals surface area contributed by atoms with Gasteiger partial charge >= 0.3 is 6.09 Å². The van der Waals surface area contributed by atoms with E-state index in [1.165, 1.54) is 7.05 Å². The highest BCUT2D eigenvalue weighted by atomic mass is 35.5. The largest absolute Gasteiger partial charge is 0.497 e. The van der Waals surface area contributed by atoms with Crippen LogP contribution in [0.3, 0.4) is 0 Å². The standard InChI is InChI=1S/C33H40ClN3O7/c1-8-19-35-31(38)29(36-37(5)32(39)44-33(2,3)4)26-17-18-27(42-20-22-9-13-24(40-6)14-10-22)30(28(26)34)43-21-23-11-15-25(41-7)16-12-23/h9-18H,8,19-21H2,1-7H3,(H,35,38)/b36-29-. The first-order valence-electron chi connectivity index (χ1n) is 14.1. The highest BCUT2D eigenvalue weighted by molar-refractivity contribution is 6.49. The number of nitrogens with zero attached hydrogens (tertiary/aromatic N) is 2. The highest BCUT2D eigenvalue weighted by Crippen LogP contribution is 2.39. The molecule has 0 heterocycles. The Balaban J connectivity index is 2.03. The second-order valence-electron chi connectivity index (χ2n) is 10.7. The van der Waals surface area contributed by atoms with Crippen LogP contribution < -0.4 is 24.3 Å². The molecule has 0 aromatic heterocycles. The summed E-state index contributed by atoms with van der Waals surface area (Å²) in [6, 6.07) is 18.1. The number of hydrogen-bond acceptors (Lipinski definition) is 8. The Morgan fingerprint density at radius 3 is 1.91 bits per heavy atom. The number of amides is 2. The molecule has 0 saturated heterocycles. The van der Waals surface area contributed by atoms with Gasteiger partial charge in [0.25, 0.3) is 5.91 Å². The summed E-state index contributed by atoms with van der Waals surface area (Å²) in [6.07, 6.45) is -0.0342. The number of ether oxygens (including phenoxy) is 5. The molecule has 0 spiro atoms. The van der Waals surface area contributed by atoms with Crippen molar-refractivity contribution in [3.8, 4) is 23.0 Å². The number of nitrogens with one attached hydrogen (secondary N) is 1. The molecule has 0 aliphatic rings. The SMILES string of the molecule is CCCNC(=O)/C(=N\N(C)C(=O)OC(C)(C)C)c1ccc(OCc2ccc(OC)cc2)c(OCc2ccc(OC)cc2)c1Cl. The van der Waals surface area contributed by atoms with Gasteiger partial charge in [0.2, 0.25) is 0 Å². The van der Waals surface area contributed by atoms with E-state index in [0.717, 1.165) is 21.9 Å². The fraction of sp³-hybridized carbons (Fsp3) is 0.364. The first-order chi connectivity index (χ1) is 20.9. The highest BCUT2D eigenvalue weighted by Gasteiger charge is 2.26. The van der Waals surface area contributed by atoms with Gasteiger partial charge in [-0.05, 0) is 74.7 Å². The number of benzene rings is 3. The third kappa shape index (κ3) is 9.80. The third-order valence-corrected chi connectivity index (χ3v) is 6.45. The number of methoxy groups -OCH3 is 2. The molecule has 3 rings (SSSR count). The number of carbonyl (C=O) groups is 2. The van der Waals surface area contributed by atoms with E-state index in [0.29, 0.717) is 24.5 Å². The van der Waals surface area contributed by atoms with Gasteiger partial charge in [-0.15, -0.1) is 0 Å². The van der Waals surface area contributed by atoms with Gasteiger partial charge in [0.15, 0.2) is 17.2 Å². The van der Waals surface area contributed by atoms with E-state index in [-0.39, 0.29) is 35.3 Å². The number of carbonyl (C=O) groups excluding carboxylic acids is 2. The second kappa shape index (κ2) is 15.9. The molecule has 1 N–H and O–H groups in total. The molecule has 0 saturated carbocycles. The van der Waals surface area contributed by atoms with Crippen LogP contribution in [-0.4, -0.2) is 56.1 Å². The Morgan fingerprint density at radius 1 is 0.864 bits per heavy atom. The molecule has 0 bridgehead atoms. The molecule has 11 heteroatoms. The minimum absolute atomic E-state index is 0.0900. The molecule has 44 heavy (non-hydrogen) atoms. The van der Waals surface area contributed by atoms with Crippen LogP contribution in [-0.2, 0) is 22.7 Å². The maximum atomic E-state index is 13.3. The minimum atomic E-state index is -0.755. The second-order valence-corrected chi connectivity index (χ2v) is 11.1. The normalized spacial score (nSPS) is 11.4. The van der Waals surface area contributed by atoms with Gasteiger partial charge < -0.3 is 29.0 Å². The number of hydrazone groups is 1. The van der Waals surface area contributed by atoms with Crippen molar-refractivity contribution in [2.75, 3.05) is 27.8 Å². The van der Waals surface area contributed by atoms with Crippen molar-refractivity contribution in [1.29, 1.82) is 0 Å². The van der Waals surface area contributed by atoms with Gasteiger partial charge in [-0.1, -0.05) is 42.8 Å². The van der Waals surface area contributed by atoms with Gasteiger partial charge in [0.05, 0.1) is 19.2 Å². The quantitative estimate of drug-likeness (QED) is 0.168. The summed E-state index contributed by atoms with van der Waals surface area (Å²) in [4.78, 5) is 26.0. The van der Waals surface area contributed by atoms with Gasteiger partial charge in [-0.25, -0.2) is 9.80 Å². The zero-order valence-corrected chi connectivity index (χ0v) is 27.0. The molecule has 0 aliphatic heterocycles. The molecule has 0 aliphatic carbocycles. The Hall–Kier alpha value is -4.44. The van der Waals surface area contributed by atoms with Crippen LogP contribution in [0.25, 0.3) is 0 Å². The van der Waals surface area contributed by atoms with Crippen LogP contribution in [0.1, 0.15) is 50.8 Å². The lowest BCUT2D eigenvalue weighted by molar-refractivity contribution is -0.114. The lowest BCUT2D eigenvalue weighted by atomic mass is 10.1. The lowest BCUT2D eigenvalue weighted by Gasteiger charge is -2.23. The fourth-order valence-electron chi connectivity index (χ4n) is 3.79. The zero-order chi connectivity index (χ0) is 32.3. The predicted molar refractivity (Wildman–Crippen MR) is 170 cm³/mol. The molecule has 236 valence electrons. The van der Waals surface area contributed by atoms with Crippen LogP contribution in [0.2, 0.25) is 5.02 Å².